The van der Waals surface area contributed by atoms with Gasteiger partial charge in [0.25, 0.3) is 5.91 Å². The zero-order valence-corrected chi connectivity index (χ0v) is 11.6. The summed E-state index contributed by atoms with van der Waals surface area (Å²) in [5.41, 5.74) is 14.1. The quantitative estimate of drug-likeness (QED) is 0.828. The summed E-state index contributed by atoms with van der Waals surface area (Å²) >= 11 is 0. The van der Waals surface area contributed by atoms with Crippen molar-refractivity contribution in [1.29, 1.82) is 0 Å². The second-order valence-corrected chi connectivity index (χ2v) is 4.96. The third-order valence-corrected chi connectivity index (χ3v) is 3.52. The van der Waals surface area contributed by atoms with Crippen molar-refractivity contribution in [3.8, 4) is 5.75 Å². The molecule has 0 spiro atoms. The first-order valence-electron chi connectivity index (χ1n) is 6.85. The van der Waals surface area contributed by atoms with Crippen molar-refractivity contribution in [1.82, 2.24) is 0 Å². The summed E-state index contributed by atoms with van der Waals surface area (Å²) in [6.45, 7) is 1.38. The summed E-state index contributed by atoms with van der Waals surface area (Å²) in [7, 11) is 0. The number of amides is 1. The van der Waals surface area contributed by atoms with Crippen LogP contribution in [-0.4, -0.2) is 19.1 Å². The second kappa shape index (κ2) is 5.36. The molecule has 1 aliphatic heterocycles. The van der Waals surface area contributed by atoms with Crippen LogP contribution >= 0.6 is 0 Å². The number of hydrogen-bond acceptors (Lipinski definition) is 4. The van der Waals surface area contributed by atoms with E-state index in [2.05, 4.69) is 0 Å². The monoisotopic (exact) mass is 283 g/mol. The third-order valence-electron chi connectivity index (χ3n) is 3.52. The minimum absolute atomic E-state index is 0.459. The van der Waals surface area contributed by atoms with Gasteiger partial charge >= 0.3 is 0 Å². The Morgan fingerprint density at radius 3 is 2.76 bits per heavy atom. The molecule has 2 aromatic carbocycles. The highest BCUT2D eigenvalue weighted by molar-refractivity contribution is 6.00. The number of fused-ring (bicyclic) bond motifs is 1. The van der Waals surface area contributed by atoms with Crippen molar-refractivity contribution in [2.75, 3.05) is 23.8 Å². The van der Waals surface area contributed by atoms with E-state index in [9.17, 15) is 4.79 Å². The number of ether oxygens (including phenoxy) is 1. The van der Waals surface area contributed by atoms with Gasteiger partial charge in [0.15, 0.2) is 0 Å². The lowest BCUT2D eigenvalue weighted by Gasteiger charge is -2.26. The third kappa shape index (κ3) is 2.50. The molecule has 1 amide bonds. The summed E-state index contributed by atoms with van der Waals surface area (Å²) in [6, 6.07) is 12.9. The number of nitrogens with zero attached hydrogens (tertiary/aromatic N) is 1. The van der Waals surface area contributed by atoms with Crippen molar-refractivity contribution in [3.63, 3.8) is 0 Å². The van der Waals surface area contributed by atoms with Gasteiger partial charge in [-0.1, -0.05) is 12.1 Å². The predicted octanol–water partition coefficient (Wildman–Crippen LogP) is 2.29. The average molecular weight is 283 g/mol. The van der Waals surface area contributed by atoms with Crippen LogP contribution in [0.1, 0.15) is 16.8 Å². The van der Waals surface area contributed by atoms with Crippen molar-refractivity contribution in [3.05, 3.63) is 48.0 Å². The standard InChI is InChI=1S/C16H17N3O2/c17-11-6-7-12(16(18)20)14(10-11)19-8-3-9-21-15-5-2-1-4-13(15)19/h1-2,4-7,10H,3,8-9,17H2,(H2,18,20). The van der Waals surface area contributed by atoms with Crippen LogP contribution in [-0.2, 0) is 0 Å². The van der Waals surface area contributed by atoms with Gasteiger partial charge in [-0.25, -0.2) is 0 Å². The van der Waals surface area contributed by atoms with E-state index >= 15 is 0 Å². The van der Waals surface area contributed by atoms with Crippen molar-refractivity contribution in [2.24, 2.45) is 5.73 Å². The molecule has 21 heavy (non-hydrogen) atoms. The number of carbonyl (C=O) groups excluding carboxylic acids is 1. The van der Waals surface area contributed by atoms with Crippen LogP contribution in [0.25, 0.3) is 0 Å². The van der Waals surface area contributed by atoms with Gasteiger partial charge in [0.2, 0.25) is 0 Å². The molecule has 1 heterocycles. The normalized spacial score (nSPS) is 14.0. The molecule has 4 N–H and O–H groups in total. The number of primary amides is 1. The molecule has 108 valence electrons. The Kier molecular flexibility index (Phi) is 3.39. The number of nitrogens with two attached hydrogens (primary N) is 2. The topological polar surface area (TPSA) is 81.6 Å². The van der Waals surface area contributed by atoms with Crippen LogP contribution in [0, 0.1) is 0 Å². The molecule has 0 aromatic heterocycles. The van der Waals surface area contributed by atoms with E-state index in [1.165, 1.54) is 0 Å². The number of carbonyl (C=O) groups is 1. The molecule has 0 atom stereocenters. The van der Waals surface area contributed by atoms with E-state index in [1.54, 1.807) is 18.2 Å². The zero-order valence-electron chi connectivity index (χ0n) is 11.6. The molecule has 0 unspecified atom stereocenters. The molecule has 0 saturated heterocycles. The van der Waals surface area contributed by atoms with Crippen molar-refractivity contribution >= 4 is 23.0 Å². The lowest BCUT2D eigenvalue weighted by atomic mass is 10.1. The number of hydrogen-bond donors (Lipinski definition) is 2. The van der Waals surface area contributed by atoms with Crippen molar-refractivity contribution in [2.45, 2.75) is 6.42 Å². The molecule has 0 aliphatic carbocycles. The molecule has 0 fully saturated rings. The van der Waals surface area contributed by atoms with Crippen LogP contribution in [0.3, 0.4) is 0 Å². The van der Waals surface area contributed by atoms with Crippen LogP contribution in [0.2, 0.25) is 0 Å². The highest BCUT2D eigenvalue weighted by Crippen LogP contribution is 2.37. The smallest absolute Gasteiger partial charge is 0.250 e. The molecule has 5 heteroatoms. The Morgan fingerprint density at radius 2 is 1.95 bits per heavy atom. The SMILES string of the molecule is NC(=O)c1ccc(N)cc1N1CCCOc2ccccc21. The maximum absolute atomic E-state index is 11.7. The molecule has 3 rings (SSSR count). The lowest BCUT2D eigenvalue weighted by Crippen LogP contribution is -2.23. The summed E-state index contributed by atoms with van der Waals surface area (Å²) in [4.78, 5) is 13.7. The van der Waals surface area contributed by atoms with Crippen molar-refractivity contribution < 1.29 is 9.53 Å². The van der Waals surface area contributed by atoms with Gasteiger partial charge in [-0.05, 0) is 36.8 Å². The number of nitrogen functional groups attached to an aromatic ring is 1. The fraction of sp³-hybridized carbons (Fsp3) is 0.188. The van der Waals surface area contributed by atoms with E-state index in [4.69, 9.17) is 16.2 Å². The first-order chi connectivity index (χ1) is 10.2. The first-order valence-corrected chi connectivity index (χ1v) is 6.85. The lowest BCUT2D eigenvalue weighted by molar-refractivity contribution is 0.100. The van der Waals surface area contributed by atoms with Gasteiger partial charge in [0, 0.05) is 12.2 Å². The van der Waals surface area contributed by atoms with Gasteiger partial charge in [-0.2, -0.15) is 0 Å². The highest BCUT2D eigenvalue weighted by atomic mass is 16.5. The van der Waals surface area contributed by atoms with E-state index in [0.717, 1.165) is 30.1 Å². The Labute approximate surface area is 123 Å². The van der Waals surface area contributed by atoms with E-state index < -0.39 is 5.91 Å². The fourth-order valence-electron chi connectivity index (χ4n) is 2.56. The largest absolute Gasteiger partial charge is 0.491 e. The maximum atomic E-state index is 11.7. The van der Waals surface area contributed by atoms with Crippen LogP contribution < -0.4 is 21.1 Å². The van der Waals surface area contributed by atoms with E-state index in [-0.39, 0.29) is 0 Å². The fourth-order valence-corrected chi connectivity index (χ4v) is 2.56. The number of benzene rings is 2. The summed E-state index contributed by atoms with van der Waals surface area (Å²) in [5, 5.41) is 0. The first kappa shape index (κ1) is 13.3. The van der Waals surface area contributed by atoms with Crippen LogP contribution in [0.4, 0.5) is 17.1 Å². The molecule has 0 saturated carbocycles. The van der Waals surface area contributed by atoms with Crippen LogP contribution in [0.15, 0.2) is 42.5 Å². The second-order valence-electron chi connectivity index (χ2n) is 4.96. The molecular formula is C16H17N3O2. The highest BCUT2D eigenvalue weighted by Gasteiger charge is 2.21. The van der Waals surface area contributed by atoms with Gasteiger partial charge in [0.1, 0.15) is 5.75 Å². The Morgan fingerprint density at radius 1 is 1.14 bits per heavy atom. The van der Waals surface area contributed by atoms with Crippen LogP contribution in [0.5, 0.6) is 5.75 Å². The molecule has 1 aliphatic rings. The molecule has 5 nitrogen and oxygen atoms in total. The summed E-state index contributed by atoms with van der Waals surface area (Å²) in [5.74, 6) is 0.334. The van der Waals surface area contributed by atoms with Gasteiger partial charge in [0.05, 0.1) is 23.5 Å². The van der Waals surface area contributed by atoms with Gasteiger partial charge in [-0.15, -0.1) is 0 Å². The number of anilines is 3. The van der Waals surface area contributed by atoms with E-state index in [0.29, 0.717) is 17.9 Å². The zero-order chi connectivity index (χ0) is 14.8. The minimum atomic E-state index is -0.465. The maximum Gasteiger partial charge on any atom is 0.250 e. The molecule has 0 bridgehead atoms. The molecular weight excluding hydrogens is 266 g/mol. The number of para-hydroxylation sites is 2. The Balaban J connectivity index is 2.16. The average Bonchev–Trinajstić information content (AvgIpc) is 2.69. The van der Waals surface area contributed by atoms with Gasteiger partial charge in [-0.3, -0.25) is 4.79 Å². The Bertz CT molecular complexity index is 685. The predicted molar refractivity (Wildman–Crippen MR) is 82.9 cm³/mol. The van der Waals surface area contributed by atoms with E-state index in [1.807, 2.05) is 29.2 Å². The molecule has 2 aromatic rings. The Hall–Kier alpha value is -2.69. The number of rotatable bonds is 2. The molecule has 0 radical (unpaired) electrons. The minimum Gasteiger partial charge on any atom is -0.491 e. The summed E-state index contributed by atoms with van der Waals surface area (Å²) in [6.07, 6.45) is 0.849. The summed E-state index contributed by atoms with van der Waals surface area (Å²) < 4.78 is 5.74. The van der Waals surface area contributed by atoms with Gasteiger partial charge < -0.3 is 21.1 Å².